The molecule has 0 amide bonds. The summed E-state index contributed by atoms with van der Waals surface area (Å²) in [7, 11) is -4.79. The number of carbonyl (C=O) groups is 2. The maximum Gasteiger partial charge on any atom is 0.469 e. The van der Waals surface area contributed by atoms with Crippen molar-refractivity contribution in [2.75, 3.05) is 13.2 Å². The molecule has 0 heterocycles. The van der Waals surface area contributed by atoms with Crippen molar-refractivity contribution in [3.63, 3.8) is 0 Å². The lowest BCUT2D eigenvalue weighted by Gasteiger charge is -2.18. The van der Waals surface area contributed by atoms with Crippen molar-refractivity contribution in [1.29, 1.82) is 0 Å². The SMILES string of the molecule is CCCCC/C=C\C/C=C\CC(O)/C=C\C=C\CCCC(=O)O[C@H](COC(=O)CCCCCCCCCCCCCCCCC)COP(=O)(O)O. The summed E-state index contributed by atoms with van der Waals surface area (Å²) in [5.41, 5.74) is 0. The van der Waals surface area contributed by atoms with Crippen LogP contribution in [-0.2, 0) is 28.2 Å². The first-order valence-electron chi connectivity index (χ1n) is 20.0. The number of ether oxygens (including phenoxy) is 2. The average Bonchev–Trinajstić information content (AvgIpc) is 3.09. The molecule has 0 aromatic rings. The number of unbranched alkanes of at least 4 members (excludes halogenated alkanes) is 18. The zero-order valence-electron chi connectivity index (χ0n) is 32.1. The minimum Gasteiger partial charge on any atom is -0.462 e. The Morgan fingerprint density at radius 3 is 1.75 bits per heavy atom. The Labute approximate surface area is 310 Å². The number of esters is 2. The van der Waals surface area contributed by atoms with E-state index in [0.717, 1.165) is 32.1 Å². The van der Waals surface area contributed by atoms with E-state index in [2.05, 4.69) is 36.6 Å². The van der Waals surface area contributed by atoms with Crippen LogP contribution in [0, 0.1) is 0 Å². The molecule has 0 bridgehead atoms. The molecule has 10 heteroatoms. The van der Waals surface area contributed by atoms with Gasteiger partial charge < -0.3 is 24.4 Å². The van der Waals surface area contributed by atoms with Gasteiger partial charge in [0.2, 0.25) is 0 Å². The van der Waals surface area contributed by atoms with Crippen LogP contribution in [0.2, 0.25) is 0 Å². The topological polar surface area (TPSA) is 140 Å². The van der Waals surface area contributed by atoms with Gasteiger partial charge in [-0.3, -0.25) is 14.1 Å². The Bertz CT molecular complexity index is 986. The van der Waals surface area contributed by atoms with Gasteiger partial charge in [-0.25, -0.2) is 4.57 Å². The minimum absolute atomic E-state index is 0.0774. The Morgan fingerprint density at radius 1 is 0.608 bits per heavy atom. The van der Waals surface area contributed by atoms with Gasteiger partial charge in [-0.15, -0.1) is 0 Å². The fourth-order valence-corrected chi connectivity index (χ4v) is 5.75. The zero-order chi connectivity index (χ0) is 37.7. The molecule has 51 heavy (non-hydrogen) atoms. The van der Waals surface area contributed by atoms with Gasteiger partial charge in [0.1, 0.15) is 6.61 Å². The highest BCUT2D eigenvalue weighted by Gasteiger charge is 2.22. The first kappa shape index (κ1) is 49.0. The molecule has 0 saturated heterocycles. The van der Waals surface area contributed by atoms with Gasteiger partial charge in [-0.2, -0.15) is 0 Å². The first-order chi connectivity index (χ1) is 24.7. The lowest BCUT2D eigenvalue weighted by molar-refractivity contribution is -0.161. The summed E-state index contributed by atoms with van der Waals surface area (Å²) in [5, 5.41) is 10.1. The minimum atomic E-state index is -4.79. The normalized spacial score (nSPS) is 13.6. The number of allylic oxidation sites excluding steroid dienone is 6. The average molecular weight is 741 g/mol. The van der Waals surface area contributed by atoms with Crippen LogP contribution in [0.1, 0.15) is 174 Å². The second-order valence-corrected chi connectivity index (χ2v) is 14.7. The Balaban J connectivity index is 4.13. The lowest BCUT2D eigenvalue weighted by Crippen LogP contribution is -2.29. The van der Waals surface area contributed by atoms with Gasteiger partial charge in [0.15, 0.2) is 6.10 Å². The van der Waals surface area contributed by atoms with Crippen molar-refractivity contribution in [3.8, 4) is 0 Å². The van der Waals surface area contributed by atoms with Gasteiger partial charge in [0, 0.05) is 12.8 Å². The molecule has 0 radical (unpaired) electrons. The fourth-order valence-electron chi connectivity index (χ4n) is 5.39. The Morgan fingerprint density at radius 2 is 1.14 bits per heavy atom. The van der Waals surface area contributed by atoms with Crippen LogP contribution in [0.25, 0.3) is 0 Å². The Kier molecular flexibility index (Phi) is 34.9. The summed E-state index contributed by atoms with van der Waals surface area (Å²) < 4.78 is 26.2. The lowest BCUT2D eigenvalue weighted by atomic mass is 10.0. The van der Waals surface area contributed by atoms with Crippen molar-refractivity contribution in [2.45, 2.75) is 187 Å². The highest BCUT2D eigenvalue weighted by molar-refractivity contribution is 7.46. The van der Waals surface area contributed by atoms with Crippen LogP contribution in [0.3, 0.4) is 0 Å². The van der Waals surface area contributed by atoms with E-state index < -0.39 is 38.6 Å². The second-order valence-electron chi connectivity index (χ2n) is 13.5. The largest absolute Gasteiger partial charge is 0.469 e. The first-order valence-corrected chi connectivity index (χ1v) is 21.6. The summed E-state index contributed by atoms with van der Waals surface area (Å²) in [4.78, 5) is 42.7. The van der Waals surface area contributed by atoms with Crippen molar-refractivity contribution in [1.82, 2.24) is 0 Å². The van der Waals surface area contributed by atoms with Crippen molar-refractivity contribution >= 4 is 19.8 Å². The molecule has 9 nitrogen and oxygen atoms in total. The molecule has 1 unspecified atom stereocenters. The molecule has 0 fully saturated rings. The van der Waals surface area contributed by atoms with Crippen LogP contribution in [0.15, 0.2) is 48.6 Å². The predicted molar refractivity (Wildman–Crippen MR) is 208 cm³/mol. The van der Waals surface area contributed by atoms with Crippen LogP contribution in [0.4, 0.5) is 0 Å². The molecule has 0 rings (SSSR count). The van der Waals surface area contributed by atoms with E-state index >= 15 is 0 Å². The van der Waals surface area contributed by atoms with Crippen LogP contribution < -0.4 is 0 Å². The van der Waals surface area contributed by atoms with Gasteiger partial charge in [-0.05, 0) is 44.9 Å². The molecule has 0 aromatic heterocycles. The molecular formula is C41H73O9P. The maximum atomic E-state index is 12.4. The second kappa shape index (κ2) is 36.3. The quantitative estimate of drug-likeness (QED) is 0.0188. The molecule has 0 aliphatic carbocycles. The molecule has 0 aromatic carbocycles. The third-order valence-electron chi connectivity index (χ3n) is 8.43. The van der Waals surface area contributed by atoms with E-state index in [0.29, 0.717) is 25.7 Å². The molecule has 296 valence electrons. The van der Waals surface area contributed by atoms with E-state index in [1.54, 1.807) is 12.2 Å². The summed E-state index contributed by atoms with van der Waals surface area (Å²) in [6.45, 7) is 3.53. The molecule has 0 aliphatic heterocycles. The smallest absolute Gasteiger partial charge is 0.462 e. The summed E-state index contributed by atoms with van der Waals surface area (Å²) in [5.74, 6) is -1.01. The molecule has 0 aliphatic rings. The van der Waals surface area contributed by atoms with E-state index in [4.69, 9.17) is 19.3 Å². The van der Waals surface area contributed by atoms with Crippen molar-refractivity contribution in [3.05, 3.63) is 48.6 Å². The summed E-state index contributed by atoms with van der Waals surface area (Å²) in [6, 6.07) is 0. The molecule has 2 atom stereocenters. The van der Waals surface area contributed by atoms with Gasteiger partial charge in [0.25, 0.3) is 0 Å². The highest BCUT2D eigenvalue weighted by atomic mass is 31.2. The number of hydrogen-bond donors (Lipinski definition) is 3. The van der Waals surface area contributed by atoms with E-state index in [-0.39, 0.29) is 19.4 Å². The highest BCUT2D eigenvalue weighted by Crippen LogP contribution is 2.36. The number of rotatable bonds is 36. The van der Waals surface area contributed by atoms with Gasteiger partial charge >= 0.3 is 19.8 Å². The zero-order valence-corrected chi connectivity index (χ0v) is 33.0. The van der Waals surface area contributed by atoms with E-state index in [9.17, 15) is 19.3 Å². The van der Waals surface area contributed by atoms with E-state index in [1.165, 1.54) is 89.9 Å². The molecular weight excluding hydrogens is 667 g/mol. The fraction of sp³-hybridized carbons (Fsp3) is 0.756. The molecule has 3 N–H and O–H groups in total. The standard InChI is InChI=1S/C41H73O9P/c1-3-5-7-9-11-13-14-15-16-17-18-20-22-26-30-34-40(43)48-36-39(37-49-51(45,46)47)50-41(44)35-31-27-23-25-29-33-38(42)32-28-24-21-19-12-10-8-6-4-2/h12,19,23-25,28-29,33,38-39,42H,3-11,13-18,20-22,26-27,30-32,34-37H2,1-2H3,(H2,45,46,47)/b19-12-,25-23+,28-24-,33-29-/t38?,39-/m1/s1. The number of aliphatic hydroxyl groups is 1. The van der Waals surface area contributed by atoms with Crippen LogP contribution >= 0.6 is 7.82 Å². The summed E-state index contributed by atoms with van der Waals surface area (Å²) in [6.07, 6.45) is 40.0. The Hall–Kier alpha value is -2.03. The number of phosphoric ester groups is 1. The van der Waals surface area contributed by atoms with Crippen LogP contribution in [0.5, 0.6) is 0 Å². The van der Waals surface area contributed by atoms with Gasteiger partial charge in [-0.1, -0.05) is 165 Å². The number of hydrogen-bond acceptors (Lipinski definition) is 7. The monoisotopic (exact) mass is 740 g/mol. The molecule has 0 spiro atoms. The summed E-state index contributed by atoms with van der Waals surface area (Å²) >= 11 is 0. The molecule has 0 saturated carbocycles. The van der Waals surface area contributed by atoms with E-state index in [1.807, 2.05) is 18.2 Å². The predicted octanol–water partition coefficient (Wildman–Crippen LogP) is 10.9. The van der Waals surface area contributed by atoms with Crippen LogP contribution in [-0.4, -0.2) is 52.3 Å². The third-order valence-corrected chi connectivity index (χ3v) is 8.92. The van der Waals surface area contributed by atoms with Crippen molar-refractivity contribution < 1.29 is 43.0 Å². The maximum absolute atomic E-state index is 12.4. The van der Waals surface area contributed by atoms with Gasteiger partial charge in [0.05, 0.1) is 12.7 Å². The number of aliphatic hydroxyl groups excluding tert-OH is 1. The van der Waals surface area contributed by atoms with Crippen molar-refractivity contribution in [2.24, 2.45) is 0 Å². The number of phosphoric acid groups is 1. The number of carbonyl (C=O) groups excluding carboxylic acids is 2. The third kappa shape index (κ3) is 39.0.